The molecule has 3 nitrogen and oxygen atoms in total. The van der Waals surface area contributed by atoms with Crippen molar-refractivity contribution in [3.63, 3.8) is 0 Å². The van der Waals surface area contributed by atoms with Crippen molar-refractivity contribution < 1.29 is 18.0 Å². The maximum absolute atomic E-state index is 13.2. The fraction of sp³-hybridized carbons (Fsp3) is 0.0769. The van der Waals surface area contributed by atoms with E-state index in [4.69, 9.17) is 35.4 Å². The fourth-order valence-corrected chi connectivity index (χ4v) is 5.77. The van der Waals surface area contributed by atoms with Crippen molar-refractivity contribution in [1.29, 1.82) is 0 Å². The first-order valence-corrected chi connectivity index (χ1v) is 12.6. The maximum Gasteiger partial charge on any atom is 0.416 e. The smallest absolute Gasteiger partial charge is 0.342 e. The minimum atomic E-state index is -4.53. The van der Waals surface area contributed by atoms with Crippen LogP contribution in [0.1, 0.15) is 16.7 Å². The van der Waals surface area contributed by atoms with Crippen LogP contribution in [0.25, 0.3) is 17.0 Å². The SMILES string of the molecule is O=C1/C(=C/c2cn(Cc3ccc(Cl)cc3Cl)c3ccccc23)SC(=S)N1c1cccc(C(F)(F)F)c1. The molecule has 5 rings (SSSR count). The zero-order valence-electron chi connectivity index (χ0n) is 18.2. The summed E-state index contributed by atoms with van der Waals surface area (Å²) in [6, 6.07) is 17.6. The van der Waals surface area contributed by atoms with E-state index in [0.717, 1.165) is 50.8 Å². The van der Waals surface area contributed by atoms with Gasteiger partial charge in [0, 0.05) is 39.3 Å². The number of alkyl halides is 3. The third kappa shape index (κ3) is 4.78. The second kappa shape index (κ2) is 9.59. The first kappa shape index (κ1) is 24.9. The quantitative estimate of drug-likeness (QED) is 0.184. The third-order valence-corrected chi connectivity index (χ3v) is 7.58. The molecule has 10 heteroatoms. The molecule has 3 aromatic carbocycles. The molecule has 36 heavy (non-hydrogen) atoms. The number of para-hydroxylation sites is 1. The highest BCUT2D eigenvalue weighted by Gasteiger charge is 2.36. The molecule has 0 atom stereocenters. The van der Waals surface area contributed by atoms with E-state index in [1.807, 2.05) is 41.1 Å². The van der Waals surface area contributed by atoms with Gasteiger partial charge >= 0.3 is 6.18 Å². The number of hydrogen-bond acceptors (Lipinski definition) is 3. The average molecular weight is 563 g/mol. The summed E-state index contributed by atoms with van der Waals surface area (Å²) in [6.07, 6.45) is -0.900. The average Bonchev–Trinajstić information content (AvgIpc) is 3.31. The highest BCUT2D eigenvalue weighted by molar-refractivity contribution is 8.27. The summed E-state index contributed by atoms with van der Waals surface area (Å²) in [6.45, 7) is 0.482. The number of aromatic nitrogens is 1. The highest BCUT2D eigenvalue weighted by Crippen LogP contribution is 2.39. The molecule has 1 saturated heterocycles. The van der Waals surface area contributed by atoms with Crippen molar-refractivity contribution >= 4 is 80.1 Å². The molecule has 0 saturated carbocycles. The van der Waals surface area contributed by atoms with Gasteiger partial charge in [-0.1, -0.05) is 77.5 Å². The van der Waals surface area contributed by atoms with Crippen LogP contribution in [0.15, 0.2) is 77.8 Å². The summed E-state index contributed by atoms with van der Waals surface area (Å²) >= 11 is 18.8. The van der Waals surface area contributed by atoms with Gasteiger partial charge in [-0.15, -0.1) is 0 Å². The molecule has 1 aliphatic heterocycles. The molecular formula is C26H15Cl2F3N2OS2. The summed E-state index contributed by atoms with van der Waals surface area (Å²) < 4.78 is 41.8. The van der Waals surface area contributed by atoms with Crippen LogP contribution in [0.5, 0.6) is 0 Å². The second-order valence-electron chi connectivity index (χ2n) is 8.03. The Morgan fingerprint density at radius 1 is 1.00 bits per heavy atom. The van der Waals surface area contributed by atoms with Crippen molar-refractivity contribution in [2.24, 2.45) is 0 Å². The number of halogens is 5. The Balaban J connectivity index is 1.51. The molecule has 0 radical (unpaired) electrons. The topological polar surface area (TPSA) is 25.2 Å². The molecule has 1 aromatic heterocycles. The Hall–Kier alpha value is -2.78. The van der Waals surface area contributed by atoms with Gasteiger partial charge in [0.05, 0.1) is 16.2 Å². The minimum absolute atomic E-state index is 0.0792. The Kier molecular flexibility index (Phi) is 6.63. The molecule has 0 bridgehead atoms. The van der Waals surface area contributed by atoms with Gasteiger partial charge in [-0.2, -0.15) is 13.2 Å². The van der Waals surface area contributed by atoms with Gasteiger partial charge in [0.2, 0.25) is 0 Å². The van der Waals surface area contributed by atoms with Gasteiger partial charge in [0.1, 0.15) is 0 Å². The van der Waals surface area contributed by atoms with Gasteiger partial charge in [0.25, 0.3) is 5.91 Å². The predicted molar refractivity (Wildman–Crippen MR) is 145 cm³/mol. The number of carbonyl (C=O) groups excluding carboxylic acids is 1. The Morgan fingerprint density at radius 3 is 2.53 bits per heavy atom. The van der Waals surface area contributed by atoms with Crippen LogP contribution in [0.2, 0.25) is 10.0 Å². The van der Waals surface area contributed by atoms with E-state index >= 15 is 0 Å². The lowest BCUT2D eigenvalue weighted by atomic mass is 10.1. The normalized spacial score (nSPS) is 15.5. The number of amides is 1. The van der Waals surface area contributed by atoms with E-state index in [-0.39, 0.29) is 10.0 Å². The van der Waals surface area contributed by atoms with Crippen LogP contribution in [0, 0.1) is 0 Å². The molecule has 1 aliphatic rings. The molecule has 1 amide bonds. The molecule has 0 aliphatic carbocycles. The number of anilines is 1. The standard InChI is InChI=1S/C26H15Cl2F3N2OS2/c27-18-9-8-15(21(28)12-18)13-32-14-16(20-6-1-2-7-22(20)32)10-23-24(34)33(25(35)36-23)19-5-3-4-17(11-19)26(29,30)31/h1-12,14H,13H2/b23-10-. The van der Waals surface area contributed by atoms with Crippen LogP contribution in [-0.2, 0) is 17.5 Å². The Morgan fingerprint density at radius 2 is 1.78 bits per heavy atom. The number of hydrogen-bond donors (Lipinski definition) is 0. The van der Waals surface area contributed by atoms with Crippen molar-refractivity contribution in [1.82, 2.24) is 4.57 Å². The Labute approximate surface area is 224 Å². The molecule has 0 N–H and O–H groups in total. The molecule has 1 fully saturated rings. The van der Waals surface area contributed by atoms with E-state index in [2.05, 4.69) is 0 Å². The molecule has 2 heterocycles. The predicted octanol–water partition coefficient (Wildman–Crippen LogP) is 8.42. The lowest BCUT2D eigenvalue weighted by molar-refractivity contribution is -0.137. The molecule has 182 valence electrons. The van der Waals surface area contributed by atoms with Gasteiger partial charge in [0.15, 0.2) is 4.32 Å². The summed E-state index contributed by atoms with van der Waals surface area (Å²) in [7, 11) is 0. The number of rotatable bonds is 4. The summed E-state index contributed by atoms with van der Waals surface area (Å²) in [4.78, 5) is 14.7. The van der Waals surface area contributed by atoms with Crippen LogP contribution in [0.4, 0.5) is 18.9 Å². The van der Waals surface area contributed by atoms with Gasteiger partial charge in [-0.05, 0) is 48.0 Å². The lowest BCUT2D eigenvalue weighted by Gasteiger charge is -2.16. The van der Waals surface area contributed by atoms with Crippen molar-refractivity contribution in [3.8, 4) is 0 Å². The maximum atomic E-state index is 13.2. The highest BCUT2D eigenvalue weighted by atomic mass is 35.5. The largest absolute Gasteiger partial charge is 0.416 e. The zero-order chi connectivity index (χ0) is 25.6. The summed E-state index contributed by atoms with van der Waals surface area (Å²) in [5, 5.41) is 2.00. The number of thioether (sulfide) groups is 1. The third-order valence-electron chi connectivity index (χ3n) is 5.69. The van der Waals surface area contributed by atoms with Crippen LogP contribution in [-0.4, -0.2) is 14.8 Å². The fourth-order valence-electron chi connectivity index (χ4n) is 4.01. The molecular weight excluding hydrogens is 548 g/mol. The summed E-state index contributed by atoms with van der Waals surface area (Å²) in [5.41, 5.74) is 1.82. The first-order chi connectivity index (χ1) is 17.1. The molecule has 0 spiro atoms. The monoisotopic (exact) mass is 562 g/mol. The van der Waals surface area contributed by atoms with Crippen LogP contribution >= 0.6 is 47.2 Å². The lowest BCUT2D eigenvalue weighted by Crippen LogP contribution is -2.27. The van der Waals surface area contributed by atoms with Gasteiger partial charge in [-0.25, -0.2) is 0 Å². The second-order valence-corrected chi connectivity index (χ2v) is 10.5. The number of fused-ring (bicyclic) bond motifs is 1. The van der Waals surface area contributed by atoms with E-state index in [0.29, 0.717) is 21.5 Å². The molecule has 4 aromatic rings. The number of carbonyl (C=O) groups is 1. The Bertz CT molecular complexity index is 1560. The van der Waals surface area contributed by atoms with E-state index in [9.17, 15) is 18.0 Å². The minimum Gasteiger partial charge on any atom is -0.342 e. The van der Waals surface area contributed by atoms with Gasteiger partial charge < -0.3 is 4.57 Å². The van der Waals surface area contributed by atoms with Crippen molar-refractivity contribution in [3.05, 3.63) is 105 Å². The van der Waals surface area contributed by atoms with Crippen molar-refractivity contribution in [2.45, 2.75) is 12.7 Å². The number of nitrogens with zero attached hydrogens (tertiary/aromatic N) is 2. The number of thiocarbonyl (C=S) groups is 1. The zero-order valence-corrected chi connectivity index (χ0v) is 21.4. The van der Waals surface area contributed by atoms with Crippen LogP contribution in [0.3, 0.4) is 0 Å². The number of benzene rings is 3. The van der Waals surface area contributed by atoms with E-state index < -0.39 is 17.6 Å². The van der Waals surface area contributed by atoms with Crippen molar-refractivity contribution in [2.75, 3.05) is 4.90 Å². The van der Waals surface area contributed by atoms with E-state index in [1.54, 1.807) is 18.2 Å². The molecule has 0 unspecified atom stereocenters. The van der Waals surface area contributed by atoms with Crippen LogP contribution < -0.4 is 4.90 Å². The van der Waals surface area contributed by atoms with Gasteiger partial charge in [-0.3, -0.25) is 9.69 Å². The van der Waals surface area contributed by atoms with E-state index in [1.165, 1.54) is 12.1 Å². The summed E-state index contributed by atoms with van der Waals surface area (Å²) in [5.74, 6) is -0.470. The first-order valence-electron chi connectivity index (χ1n) is 10.6.